The summed E-state index contributed by atoms with van der Waals surface area (Å²) in [6, 6.07) is 0.456. The van der Waals surface area contributed by atoms with Crippen molar-refractivity contribution in [3.63, 3.8) is 0 Å². The first kappa shape index (κ1) is 12.3. The second-order valence-corrected chi connectivity index (χ2v) is 4.93. The molecule has 0 radical (unpaired) electrons. The Hall–Kier alpha value is -0.160. The minimum absolute atomic E-state index is 0.320. The van der Waals surface area contributed by atoms with Gasteiger partial charge < -0.3 is 14.8 Å². The quantitative estimate of drug-likeness (QED) is 0.758. The lowest BCUT2D eigenvalue weighted by atomic mass is 10.1. The molecule has 0 spiro atoms. The molecule has 2 heterocycles. The molecular weight excluding hydrogens is 204 g/mol. The molecule has 4 nitrogen and oxygen atoms in total. The van der Waals surface area contributed by atoms with Crippen LogP contribution in [-0.2, 0) is 9.47 Å². The van der Waals surface area contributed by atoms with E-state index in [2.05, 4.69) is 24.2 Å². The third kappa shape index (κ3) is 3.17. The SMILES string of the molecule is CC(C1CNCCO1)N(C)CC1CCCO1. The minimum Gasteiger partial charge on any atom is -0.377 e. The van der Waals surface area contributed by atoms with Gasteiger partial charge in [-0.05, 0) is 26.8 Å². The van der Waals surface area contributed by atoms with Crippen molar-refractivity contribution in [1.82, 2.24) is 10.2 Å². The number of nitrogens with zero attached hydrogens (tertiary/aromatic N) is 1. The Morgan fingerprint density at radius 2 is 2.25 bits per heavy atom. The van der Waals surface area contributed by atoms with Crippen LogP contribution < -0.4 is 5.32 Å². The summed E-state index contributed by atoms with van der Waals surface area (Å²) in [5, 5.41) is 3.38. The number of ether oxygens (including phenoxy) is 2. The van der Waals surface area contributed by atoms with Crippen LogP contribution in [0.2, 0.25) is 0 Å². The van der Waals surface area contributed by atoms with Crippen LogP contribution in [0.5, 0.6) is 0 Å². The molecule has 3 unspecified atom stereocenters. The number of hydrogen-bond acceptors (Lipinski definition) is 4. The molecule has 2 aliphatic rings. The van der Waals surface area contributed by atoms with E-state index in [4.69, 9.17) is 9.47 Å². The standard InChI is InChI=1S/C12H24N2O2/c1-10(12-8-13-5-7-16-12)14(2)9-11-4-3-6-15-11/h10-13H,3-9H2,1-2H3. The summed E-state index contributed by atoms with van der Waals surface area (Å²) >= 11 is 0. The fourth-order valence-corrected chi connectivity index (χ4v) is 2.46. The van der Waals surface area contributed by atoms with E-state index in [-0.39, 0.29) is 0 Å². The molecule has 94 valence electrons. The molecule has 2 rings (SSSR count). The first-order valence-corrected chi connectivity index (χ1v) is 6.41. The molecule has 2 aliphatic heterocycles. The van der Waals surface area contributed by atoms with Gasteiger partial charge in [0.2, 0.25) is 0 Å². The van der Waals surface area contributed by atoms with Gasteiger partial charge in [-0.3, -0.25) is 4.90 Å². The summed E-state index contributed by atoms with van der Waals surface area (Å²) in [7, 11) is 2.17. The van der Waals surface area contributed by atoms with Crippen molar-refractivity contribution in [2.75, 3.05) is 39.9 Å². The topological polar surface area (TPSA) is 33.7 Å². The molecule has 0 saturated carbocycles. The van der Waals surface area contributed by atoms with E-state index in [9.17, 15) is 0 Å². The van der Waals surface area contributed by atoms with E-state index in [1.165, 1.54) is 12.8 Å². The summed E-state index contributed by atoms with van der Waals surface area (Å²) < 4.78 is 11.4. The molecule has 0 aromatic rings. The van der Waals surface area contributed by atoms with Gasteiger partial charge in [-0.1, -0.05) is 0 Å². The highest BCUT2D eigenvalue weighted by atomic mass is 16.5. The third-order valence-corrected chi connectivity index (χ3v) is 3.71. The number of nitrogens with one attached hydrogen (secondary N) is 1. The van der Waals surface area contributed by atoms with Crippen LogP contribution in [0.1, 0.15) is 19.8 Å². The molecule has 4 heteroatoms. The van der Waals surface area contributed by atoms with Gasteiger partial charge in [0.05, 0.1) is 18.8 Å². The lowest BCUT2D eigenvalue weighted by molar-refractivity contribution is -0.0303. The van der Waals surface area contributed by atoms with Gasteiger partial charge >= 0.3 is 0 Å². The van der Waals surface area contributed by atoms with E-state index < -0.39 is 0 Å². The largest absolute Gasteiger partial charge is 0.377 e. The van der Waals surface area contributed by atoms with E-state index >= 15 is 0 Å². The van der Waals surface area contributed by atoms with Crippen LogP contribution in [0.25, 0.3) is 0 Å². The molecule has 0 aromatic heterocycles. The van der Waals surface area contributed by atoms with E-state index in [0.29, 0.717) is 18.2 Å². The lowest BCUT2D eigenvalue weighted by Gasteiger charge is -2.35. The van der Waals surface area contributed by atoms with E-state index in [1.807, 2.05) is 0 Å². The number of rotatable bonds is 4. The van der Waals surface area contributed by atoms with Gasteiger partial charge in [-0.25, -0.2) is 0 Å². The van der Waals surface area contributed by atoms with Crippen LogP contribution in [-0.4, -0.2) is 63.0 Å². The van der Waals surface area contributed by atoms with Crippen molar-refractivity contribution >= 4 is 0 Å². The monoisotopic (exact) mass is 228 g/mol. The summed E-state index contributed by atoms with van der Waals surface area (Å²) in [6.45, 7) is 7.00. The van der Waals surface area contributed by atoms with Crippen molar-refractivity contribution in [3.05, 3.63) is 0 Å². The van der Waals surface area contributed by atoms with Crippen molar-refractivity contribution in [2.45, 2.75) is 38.0 Å². The fraction of sp³-hybridized carbons (Fsp3) is 1.00. The molecular formula is C12H24N2O2. The molecule has 2 fully saturated rings. The van der Waals surface area contributed by atoms with Gasteiger partial charge in [0, 0.05) is 32.3 Å². The second-order valence-electron chi connectivity index (χ2n) is 4.93. The zero-order valence-electron chi connectivity index (χ0n) is 10.4. The molecule has 0 aromatic carbocycles. The van der Waals surface area contributed by atoms with Crippen molar-refractivity contribution in [2.24, 2.45) is 0 Å². The van der Waals surface area contributed by atoms with Crippen LogP contribution in [0.4, 0.5) is 0 Å². The maximum absolute atomic E-state index is 5.78. The number of hydrogen-bond donors (Lipinski definition) is 1. The highest BCUT2D eigenvalue weighted by Gasteiger charge is 2.26. The predicted octanol–water partition coefficient (Wildman–Crippen LogP) is 0.474. The highest BCUT2D eigenvalue weighted by molar-refractivity contribution is 4.81. The zero-order chi connectivity index (χ0) is 11.4. The maximum Gasteiger partial charge on any atom is 0.0852 e. The van der Waals surface area contributed by atoms with Gasteiger partial charge in [-0.15, -0.1) is 0 Å². The Balaban J connectivity index is 1.75. The first-order chi connectivity index (χ1) is 7.77. The Kier molecular flexibility index (Phi) is 4.58. The minimum atomic E-state index is 0.320. The molecule has 0 amide bonds. The summed E-state index contributed by atoms with van der Waals surface area (Å²) in [4.78, 5) is 2.37. The number of morpholine rings is 1. The Morgan fingerprint density at radius 1 is 1.38 bits per heavy atom. The molecule has 1 N–H and O–H groups in total. The first-order valence-electron chi connectivity index (χ1n) is 6.41. The van der Waals surface area contributed by atoms with Crippen molar-refractivity contribution in [1.29, 1.82) is 0 Å². The van der Waals surface area contributed by atoms with E-state index in [1.54, 1.807) is 0 Å². The van der Waals surface area contributed by atoms with Gasteiger partial charge in [0.1, 0.15) is 0 Å². The third-order valence-electron chi connectivity index (χ3n) is 3.71. The van der Waals surface area contributed by atoms with Gasteiger partial charge in [0.25, 0.3) is 0 Å². The molecule has 16 heavy (non-hydrogen) atoms. The van der Waals surface area contributed by atoms with E-state index in [0.717, 1.165) is 32.8 Å². The smallest absolute Gasteiger partial charge is 0.0852 e. The lowest BCUT2D eigenvalue weighted by Crippen LogP contribution is -2.51. The van der Waals surface area contributed by atoms with Crippen LogP contribution in [0.15, 0.2) is 0 Å². The van der Waals surface area contributed by atoms with Crippen LogP contribution in [0, 0.1) is 0 Å². The summed E-state index contributed by atoms with van der Waals surface area (Å²) in [5.41, 5.74) is 0. The maximum atomic E-state index is 5.78. The molecule has 3 atom stereocenters. The zero-order valence-corrected chi connectivity index (χ0v) is 10.4. The number of likely N-dealkylation sites (N-methyl/N-ethyl adjacent to an activating group) is 1. The van der Waals surface area contributed by atoms with Crippen LogP contribution in [0.3, 0.4) is 0 Å². The highest BCUT2D eigenvalue weighted by Crippen LogP contribution is 2.15. The Labute approximate surface area is 98.3 Å². The average Bonchev–Trinajstić information content (AvgIpc) is 2.82. The van der Waals surface area contributed by atoms with Crippen molar-refractivity contribution in [3.8, 4) is 0 Å². The summed E-state index contributed by atoms with van der Waals surface area (Å²) in [5.74, 6) is 0. The normalized spacial score (nSPS) is 33.2. The molecule has 0 aliphatic carbocycles. The van der Waals surface area contributed by atoms with Crippen LogP contribution >= 0.6 is 0 Å². The second kappa shape index (κ2) is 5.96. The van der Waals surface area contributed by atoms with Crippen molar-refractivity contribution < 1.29 is 9.47 Å². The average molecular weight is 228 g/mol. The van der Waals surface area contributed by atoms with Gasteiger partial charge in [-0.2, -0.15) is 0 Å². The molecule has 0 bridgehead atoms. The fourth-order valence-electron chi connectivity index (χ4n) is 2.46. The van der Waals surface area contributed by atoms with Gasteiger partial charge in [0.15, 0.2) is 0 Å². The summed E-state index contributed by atoms with van der Waals surface area (Å²) in [6.07, 6.45) is 3.18. The Morgan fingerprint density at radius 3 is 2.88 bits per heavy atom. The predicted molar refractivity (Wildman–Crippen MR) is 63.7 cm³/mol. The molecule has 2 saturated heterocycles. The Bertz CT molecular complexity index is 201.